The van der Waals surface area contributed by atoms with Crippen molar-refractivity contribution in [3.05, 3.63) is 106 Å². The average Bonchev–Trinajstić information content (AvgIpc) is 3.13. The van der Waals surface area contributed by atoms with Crippen molar-refractivity contribution in [2.45, 2.75) is 18.8 Å². The van der Waals surface area contributed by atoms with Crippen LogP contribution in [0.15, 0.2) is 78.4 Å². The van der Waals surface area contributed by atoms with E-state index in [2.05, 4.69) is 85.8 Å². The molecule has 3 aliphatic rings. The summed E-state index contributed by atoms with van der Waals surface area (Å²) in [7, 11) is 0. The SMILES string of the molecule is Cc1ccc2c(c1)C(C1C=Cc3ccccc31)=C1C=CC=CC12. The molecule has 0 spiro atoms. The van der Waals surface area contributed by atoms with Gasteiger partial charge in [0, 0.05) is 11.8 Å². The molecule has 2 unspecified atom stereocenters. The fourth-order valence-electron chi connectivity index (χ4n) is 4.25. The predicted molar refractivity (Wildman–Crippen MR) is 97.3 cm³/mol. The van der Waals surface area contributed by atoms with Crippen LogP contribution in [-0.4, -0.2) is 0 Å². The Kier molecular flexibility index (Phi) is 2.63. The second-order valence-electron chi connectivity index (χ2n) is 6.65. The molecule has 2 aromatic carbocycles. The molecule has 2 aromatic rings. The predicted octanol–water partition coefficient (Wildman–Crippen LogP) is 5.78. The second kappa shape index (κ2) is 4.70. The van der Waals surface area contributed by atoms with Crippen LogP contribution in [-0.2, 0) is 0 Å². The van der Waals surface area contributed by atoms with E-state index in [-0.39, 0.29) is 0 Å². The Morgan fingerprint density at radius 2 is 1.70 bits per heavy atom. The first-order valence-electron chi connectivity index (χ1n) is 8.30. The summed E-state index contributed by atoms with van der Waals surface area (Å²) >= 11 is 0. The lowest BCUT2D eigenvalue weighted by Crippen LogP contribution is -1.99. The minimum Gasteiger partial charge on any atom is -0.0726 e. The number of benzene rings is 2. The number of fused-ring (bicyclic) bond motifs is 4. The molecule has 0 saturated heterocycles. The first-order valence-corrected chi connectivity index (χ1v) is 8.30. The van der Waals surface area contributed by atoms with Crippen LogP contribution in [0.5, 0.6) is 0 Å². The first kappa shape index (κ1) is 12.9. The Hall–Kier alpha value is -2.60. The highest BCUT2D eigenvalue weighted by molar-refractivity contribution is 5.89. The number of allylic oxidation sites excluding steroid dienone is 7. The number of rotatable bonds is 1. The van der Waals surface area contributed by atoms with E-state index in [1.54, 1.807) is 0 Å². The Balaban J connectivity index is 1.76. The van der Waals surface area contributed by atoms with Crippen LogP contribution in [0.2, 0.25) is 0 Å². The fourth-order valence-corrected chi connectivity index (χ4v) is 4.25. The molecule has 0 fully saturated rings. The third kappa shape index (κ3) is 1.78. The van der Waals surface area contributed by atoms with Gasteiger partial charge in [0.05, 0.1) is 0 Å². The zero-order chi connectivity index (χ0) is 15.4. The van der Waals surface area contributed by atoms with Crippen molar-refractivity contribution in [1.82, 2.24) is 0 Å². The maximum atomic E-state index is 2.37. The quantitative estimate of drug-likeness (QED) is 0.625. The third-order valence-corrected chi connectivity index (χ3v) is 5.28. The summed E-state index contributed by atoms with van der Waals surface area (Å²) in [5, 5.41) is 0. The monoisotopic (exact) mass is 294 g/mol. The molecule has 110 valence electrons. The summed E-state index contributed by atoms with van der Waals surface area (Å²) in [5.41, 5.74) is 10.00. The summed E-state index contributed by atoms with van der Waals surface area (Å²) in [6, 6.07) is 15.7. The molecule has 23 heavy (non-hydrogen) atoms. The number of hydrogen-bond acceptors (Lipinski definition) is 0. The number of aryl methyl sites for hydroxylation is 1. The number of hydrogen-bond donors (Lipinski definition) is 0. The average molecular weight is 294 g/mol. The van der Waals surface area contributed by atoms with Gasteiger partial charge in [0.25, 0.3) is 0 Å². The zero-order valence-corrected chi connectivity index (χ0v) is 13.2. The van der Waals surface area contributed by atoms with Gasteiger partial charge >= 0.3 is 0 Å². The smallest absolute Gasteiger partial charge is 0.0287 e. The maximum absolute atomic E-state index is 2.37. The molecule has 0 aliphatic heterocycles. The van der Waals surface area contributed by atoms with Crippen LogP contribution in [0.25, 0.3) is 11.6 Å². The third-order valence-electron chi connectivity index (χ3n) is 5.28. The summed E-state index contributed by atoms with van der Waals surface area (Å²) in [5.74, 6) is 0.801. The molecule has 0 bridgehead atoms. The summed E-state index contributed by atoms with van der Waals surface area (Å²) < 4.78 is 0. The maximum Gasteiger partial charge on any atom is 0.0287 e. The van der Waals surface area contributed by atoms with Crippen molar-refractivity contribution in [2.24, 2.45) is 0 Å². The van der Waals surface area contributed by atoms with E-state index in [1.165, 1.54) is 39.0 Å². The summed E-state index contributed by atoms with van der Waals surface area (Å²) in [6.45, 7) is 2.19. The van der Waals surface area contributed by atoms with Gasteiger partial charge in [-0.1, -0.05) is 84.5 Å². The van der Waals surface area contributed by atoms with E-state index in [1.807, 2.05) is 0 Å². The van der Waals surface area contributed by atoms with Crippen molar-refractivity contribution in [3.63, 3.8) is 0 Å². The minimum atomic E-state index is 0.378. The van der Waals surface area contributed by atoms with Gasteiger partial charge in [0.15, 0.2) is 0 Å². The molecule has 0 amide bonds. The van der Waals surface area contributed by atoms with Gasteiger partial charge in [-0.2, -0.15) is 0 Å². The normalized spacial score (nSPS) is 23.2. The van der Waals surface area contributed by atoms with Crippen molar-refractivity contribution in [3.8, 4) is 0 Å². The molecule has 2 atom stereocenters. The first-order chi connectivity index (χ1) is 11.3. The van der Waals surface area contributed by atoms with Crippen molar-refractivity contribution in [2.75, 3.05) is 0 Å². The molecule has 0 nitrogen and oxygen atoms in total. The van der Waals surface area contributed by atoms with Crippen LogP contribution in [0.4, 0.5) is 0 Å². The van der Waals surface area contributed by atoms with Gasteiger partial charge in [-0.15, -0.1) is 0 Å². The molecule has 3 aliphatic carbocycles. The highest BCUT2D eigenvalue weighted by Gasteiger charge is 2.34. The van der Waals surface area contributed by atoms with Gasteiger partial charge < -0.3 is 0 Å². The zero-order valence-electron chi connectivity index (χ0n) is 13.2. The lowest BCUT2D eigenvalue weighted by Gasteiger charge is -2.17. The molecule has 0 heterocycles. The molecular weight excluding hydrogens is 276 g/mol. The summed E-state index contributed by atoms with van der Waals surface area (Å²) in [6.07, 6.45) is 13.6. The summed E-state index contributed by atoms with van der Waals surface area (Å²) in [4.78, 5) is 0. The topological polar surface area (TPSA) is 0 Å². The van der Waals surface area contributed by atoms with Crippen molar-refractivity contribution >= 4 is 11.6 Å². The van der Waals surface area contributed by atoms with E-state index < -0.39 is 0 Å². The van der Waals surface area contributed by atoms with Crippen molar-refractivity contribution in [1.29, 1.82) is 0 Å². The minimum absolute atomic E-state index is 0.378. The van der Waals surface area contributed by atoms with E-state index in [4.69, 9.17) is 0 Å². The van der Waals surface area contributed by atoms with E-state index in [0.717, 1.165) is 0 Å². The van der Waals surface area contributed by atoms with E-state index in [9.17, 15) is 0 Å². The fraction of sp³-hybridized carbons (Fsp3) is 0.130. The molecule has 0 saturated carbocycles. The van der Waals surface area contributed by atoms with Crippen LogP contribution >= 0.6 is 0 Å². The van der Waals surface area contributed by atoms with Crippen LogP contribution in [0.3, 0.4) is 0 Å². The largest absolute Gasteiger partial charge is 0.0726 e. The van der Waals surface area contributed by atoms with Gasteiger partial charge in [-0.3, -0.25) is 0 Å². The van der Waals surface area contributed by atoms with Gasteiger partial charge in [0.2, 0.25) is 0 Å². The van der Waals surface area contributed by atoms with Crippen LogP contribution < -0.4 is 0 Å². The second-order valence-corrected chi connectivity index (χ2v) is 6.65. The highest BCUT2D eigenvalue weighted by atomic mass is 14.4. The standard InChI is InChI=1S/C23H18/c1-15-10-12-19-18-8-4-5-9-20(18)23(22(19)14-15)21-13-11-16-6-2-3-7-17(16)21/h2-14,18,21H,1H3. The van der Waals surface area contributed by atoms with Crippen molar-refractivity contribution < 1.29 is 0 Å². The van der Waals surface area contributed by atoms with E-state index >= 15 is 0 Å². The molecule has 0 radical (unpaired) electrons. The molecular formula is C23H18. The molecule has 0 N–H and O–H groups in total. The molecule has 5 rings (SSSR count). The van der Waals surface area contributed by atoms with Gasteiger partial charge in [0.1, 0.15) is 0 Å². The molecule has 0 heteroatoms. The van der Waals surface area contributed by atoms with E-state index in [0.29, 0.717) is 11.8 Å². The van der Waals surface area contributed by atoms with Crippen LogP contribution in [0.1, 0.15) is 39.7 Å². The van der Waals surface area contributed by atoms with Gasteiger partial charge in [-0.25, -0.2) is 0 Å². The Bertz CT molecular complexity index is 934. The van der Waals surface area contributed by atoms with Crippen LogP contribution in [0, 0.1) is 6.92 Å². The Morgan fingerprint density at radius 1 is 0.783 bits per heavy atom. The Labute approximate surface area is 137 Å². The van der Waals surface area contributed by atoms with Gasteiger partial charge in [-0.05, 0) is 40.3 Å². The lowest BCUT2D eigenvalue weighted by atomic mass is 9.86. The Morgan fingerprint density at radius 3 is 2.65 bits per heavy atom. The highest BCUT2D eigenvalue weighted by Crippen LogP contribution is 2.52. The lowest BCUT2D eigenvalue weighted by molar-refractivity contribution is 1.04. The molecule has 0 aromatic heterocycles.